The maximum absolute atomic E-state index is 11.1. The van der Waals surface area contributed by atoms with E-state index >= 15 is 0 Å². The molecule has 19 heavy (non-hydrogen) atoms. The Kier molecular flexibility index (Phi) is 4.29. The van der Waals surface area contributed by atoms with E-state index in [1.807, 2.05) is 37.3 Å². The molecule has 1 heterocycles. The van der Waals surface area contributed by atoms with Crippen molar-refractivity contribution in [2.24, 2.45) is 0 Å². The van der Waals surface area contributed by atoms with Crippen molar-refractivity contribution < 1.29 is 14.6 Å². The van der Waals surface area contributed by atoms with E-state index in [4.69, 9.17) is 9.84 Å². The predicted molar refractivity (Wildman–Crippen MR) is 73.7 cm³/mol. The quantitative estimate of drug-likeness (QED) is 0.911. The number of hydrogen-bond acceptors (Lipinski definition) is 4. The van der Waals surface area contributed by atoms with Crippen LogP contribution in [0.3, 0.4) is 0 Å². The third-order valence-electron chi connectivity index (χ3n) is 2.67. The lowest BCUT2D eigenvalue weighted by Crippen LogP contribution is -2.05. The van der Waals surface area contributed by atoms with E-state index in [0.29, 0.717) is 17.3 Å². The molecule has 0 fully saturated rings. The van der Waals surface area contributed by atoms with E-state index < -0.39 is 5.97 Å². The van der Waals surface area contributed by atoms with Crippen molar-refractivity contribution in [2.75, 3.05) is 6.61 Å². The molecule has 0 spiro atoms. The molecule has 0 radical (unpaired) electrons. The lowest BCUT2D eigenvalue weighted by molar-refractivity contribution is 0.0701. The molecule has 0 aliphatic carbocycles. The van der Waals surface area contributed by atoms with Crippen LogP contribution in [-0.4, -0.2) is 22.7 Å². The van der Waals surface area contributed by atoms with E-state index in [1.54, 1.807) is 6.92 Å². The van der Waals surface area contributed by atoms with E-state index in [9.17, 15) is 4.79 Å². The summed E-state index contributed by atoms with van der Waals surface area (Å²) in [4.78, 5) is 15.7. The van der Waals surface area contributed by atoms with Gasteiger partial charge in [0.2, 0.25) is 0 Å². The first-order chi connectivity index (χ1) is 9.13. The van der Waals surface area contributed by atoms with Gasteiger partial charge in [-0.15, -0.1) is 11.3 Å². The highest BCUT2D eigenvalue weighted by Gasteiger charge is 2.22. The zero-order chi connectivity index (χ0) is 13.8. The average molecular weight is 277 g/mol. The topological polar surface area (TPSA) is 59.4 Å². The first-order valence-corrected chi connectivity index (χ1v) is 6.82. The van der Waals surface area contributed by atoms with Crippen LogP contribution in [0.2, 0.25) is 0 Å². The molecule has 1 atom stereocenters. The molecule has 0 aliphatic rings. The molecule has 4 nitrogen and oxygen atoms in total. The Bertz CT molecular complexity index is 565. The maximum Gasteiger partial charge on any atom is 0.347 e. The molecule has 100 valence electrons. The molecule has 0 aliphatic heterocycles. The predicted octanol–water partition coefficient (Wildman–Crippen LogP) is 3.28. The van der Waals surface area contributed by atoms with E-state index in [1.165, 1.54) is 11.3 Å². The van der Waals surface area contributed by atoms with Crippen LogP contribution >= 0.6 is 11.3 Å². The Morgan fingerprint density at radius 3 is 2.63 bits per heavy atom. The number of aryl methyl sites for hydroxylation is 1. The van der Waals surface area contributed by atoms with Gasteiger partial charge in [0.1, 0.15) is 16.0 Å². The lowest BCUT2D eigenvalue weighted by atomic mass is 10.1. The molecule has 5 heteroatoms. The lowest BCUT2D eigenvalue weighted by Gasteiger charge is -2.14. The Morgan fingerprint density at radius 1 is 1.42 bits per heavy atom. The molecule has 0 saturated carbocycles. The minimum Gasteiger partial charge on any atom is -0.477 e. The van der Waals surface area contributed by atoms with Gasteiger partial charge in [-0.25, -0.2) is 9.78 Å². The summed E-state index contributed by atoms with van der Waals surface area (Å²) >= 11 is 1.17. The number of hydrogen-bond donors (Lipinski definition) is 1. The van der Waals surface area contributed by atoms with Crippen molar-refractivity contribution in [3.05, 3.63) is 51.5 Å². The van der Waals surface area contributed by atoms with Crippen LogP contribution < -0.4 is 0 Å². The molecule has 1 aromatic heterocycles. The fourth-order valence-corrected chi connectivity index (χ4v) is 2.82. The summed E-state index contributed by atoms with van der Waals surface area (Å²) < 4.78 is 5.72. The van der Waals surface area contributed by atoms with Gasteiger partial charge in [-0.2, -0.15) is 0 Å². The minimum absolute atomic E-state index is 0.274. The zero-order valence-electron chi connectivity index (χ0n) is 10.8. The molecule has 0 amide bonds. The van der Waals surface area contributed by atoms with Gasteiger partial charge in [0.05, 0.1) is 5.69 Å². The largest absolute Gasteiger partial charge is 0.477 e. The number of carboxylic acid groups (broad SMARTS) is 1. The molecule has 1 N–H and O–H groups in total. The normalized spacial score (nSPS) is 12.3. The first-order valence-electron chi connectivity index (χ1n) is 6.00. The van der Waals surface area contributed by atoms with Crippen molar-refractivity contribution in [2.45, 2.75) is 20.0 Å². The summed E-state index contributed by atoms with van der Waals surface area (Å²) in [5, 5.41) is 9.77. The molecular formula is C14H15NO3S. The Hall–Kier alpha value is -1.72. The monoisotopic (exact) mass is 277 g/mol. The number of benzene rings is 1. The highest BCUT2D eigenvalue weighted by Crippen LogP contribution is 2.31. The Labute approximate surface area is 115 Å². The number of aromatic nitrogens is 1. The summed E-state index contributed by atoms with van der Waals surface area (Å²) in [6, 6.07) is 9.71. The van der Waals surface area contributed by atoms with E-state index in [2.05, 4.69) is 4.98 Å². The van der Waals surface area contributed by atoms with E-state index in [-0.39, 0.29) is 11.0 Å². The minimum atomic E-state index is -0.940. The smallest absolute Gasteiger partial charge is 0.347 e. The van der Waals surface area contributed by atoms with Gasteiger partial charge in [0.25, 0.3) is 0 Å². The highest BCUT2D eigenvalue weighted by atomic mass is 32.1. The van der Waals surface area contributed by atoms with Crippen molar-refractivity contribution in [3.8, 4) is 0 Å². The van der Waals surface area contributed by atoms with Gasteiger partial charge >= 0.3 is 5.97 Å². The number of thiazole rings is 1. The number of ether oxygens (including phenoxy) is 1. The number of nitrogens with zero attached hydrogens (tertiary/aromatic N) is 1. The average Bonchev–Trinajstić information content (AvgIpc) is 2.79. The summed E-state index contributed by atoms with van der Waals surface area (Å²) in [6.07, 6.45) is -0.303. The van der Waals surface area contributed by atoms with Gasteiger partial charge in [-0.05, 0) is 19.4 Å². The molecule has 2 aromatic rings. The van der Waals surface area contributed by atoms with Crippen LogP contribution in [0.4, 0.5) is 0 Å². The summed E-state index contributed by atoms with van der Waals surface area (Å²) in [6.45, 7) is 4.16. The first kappa shape index (κ1) is 13.7. The van der Waals surface area contributed by atoms with Crippen LogP contribution in [0.1, 0.15) is 39.0 Å². The van der Waals surface area contributed by atoms with Crippen molar-refractivity contribution in [3.63, 3.8) is 0 Å². The second kappa shape index (κ2) is 5.95. The van der Waals surface area contributed by atoms with Crippen LogP contribution in [0.15, 0.2) is 30.3 Å². The van der Waals surface area contributed by atoms with Crippen molar-refractivity contribution in [1.29, 1.82) is 0 Å². The van der Waals surface area contributed by atoms with Crippen LogP contribution in [0.5, 0.6) is 0 Å². The number of carbonyl (C=O) groups is 1. The Balaban J connectivity index is 2.40. The van der Waals surface area contributed by atoms with Gasteiger partial charge < -0.3 is 9.84 Å². The molecular weight excluding hydrogens is 262 g/mol. The van der Waals surface area contributed by atoms with Gasteiger partial charge in [-0.3, -0.25) is 0 Å². The SMILES string of the molecule is CCOC(c1ccccc1)c1nc(C)c(C(=O)O)s1. The Morgan fingerprint density at radius 2 is 2.11 bits per heavy atom. The molecule has 1 aromatic carbocycles. The summed E-state index contributed by atoms with van der Waals surface area (Å²) in [5.74, 6) is -0.940. The van der Waals surface area contributed by atoms with Crippen molar-refractivity contribution in [1.82, 2.24) is 4.98 Å². The van der Waals surface area contributed by atoms with Crippen LogP contribution in [0.25, 0.3) is 0 Å². The third kappa shape index (κ3) is 3.00. The zero-order valence-corrected chi connectivity index (χ0v) is 11.6. The van der Waals surface area contributed by atoms with E-state index in [0.717, 1.165) is 5.56 Å². The summed E-state index contributed by atoms with van der Waals surface area (Å²) in [5.41, 5.74) is 1.52. The number of rotatable bonds is 5. The molecule has 0 saturated heterocycles. The fraction of sp³-hybridized carbons (Fsp3) is 0.286. The van der Waals surface area contributed by atoms with Gasteiger partial charge in [0.15, 0.2) is 0 Å². The second-order valence-corrected chi connectivity index (χ2v) is 5.05. The number of aromatic carboxylic acids is 1. The molecule has 1 unspecified atom stereocenters. The van der Waals surface area contributed by atoms with Crippen LogP contribution in [0, 0.1) is 6.92 Å². The fourth-order valence-electron chi connectivity index (χ4n) is 1.83. The molecule has 2 rings (SSSR count). The van der Waals surface area contributed by atoms with Crippen molar-refractivity contribution >= 4 is 17.3 Å². The maximum atomic E-state index is 11.1. The standard InChI is InChI=1S/C14H15NO3S/c1-3-18-11(10-7-5-4-6-8-10)13-15-9(2)12(19-13)14(16)17/h4-8,11H,3H2,1-2H3,(H,16,17). The second-order valence-electron chi connectivity index (χ2n) is 4.02. The highest BCUT2D eigenvalue weighted by molar-refractivity contribution is 7.13. The third-order valence-corrected chi connectivity index (χ3v) is 3.86. The molecule has 0 bridgehead atoms. The van der Waals surface area contributed by atoms with Gasteiger partial charge in [-0.1, -0.05) is 30.3 Å². The number of carboxylic acids is 1. The van der Waals surface area contributed by atoms with Crippen LogP contribution in [-0.2, 0) is 4.74 Å². The van der Waals surface area contributed by atoms with Gasteiger partial charge in [0, 0.05) is 6.61 Å². The summed E-state index contributed by atoms with van der Waals surface area (Å²) in [7, 11) is 0.